The summed E-state index contributed by atoms with van der Waals surface area (Å²) in [5.41, 5.74) is -2.60. The highest BCUT2D eigenvalue weighted by atomic mass is 19.4. The molecule has 0 amide bonds. The van der Waals surface area contributed by atoms with Gasteiger partial charge in [-0.15, -0.1) is 0 Å². The van der Waals surface area contributed by atoms with Gasteiger partial charge in [-0.1, -0.05) is 31.5 Å². The minimum absolute atomic E-state index is 0.0577. The number of halogens is 8. The molecular formula is C23H16F8O. The minimum Gasteiger partial charge on any atom is -0.429 e. The summed E-state index contributed by atoms with van der Waals surface area (Å²) in [4.78, 5) is 0. The van der Waals surface area contributed by atoms with Crippen LogP contribution in [0.1, 0.15) is 30.0 Å². The molecule has 0 radical (unpaired) electrons. The van der Waals surface area contributed by atoms with E-state index in [2.05, 4.69) is 4.74 Å². The summed E-state index contributed by atoms with van der Waals surface area (Å²) in [6, 6.07) is 8.61. The molecule has 0 saturated heterocycles. The Morgan fingerprint density at radius 3 is 1.81 bits per heavy atom. The number of aryl methyl sites for hydroxylation is 1. The number of hydrogen-bond donors (Lipinski definition) is 0. The van der Waals surface area contributed by atoms with Crippen molar-refractivity contribution in [2.45, 2.75) is 32.1 Å². The Morgan fingerprint density at radius 1 is 0.719 bits per heavy atom. The highest BCUT2D eigenvalue weighted by Gasteiger charge is 2.39. The van der Waals surface area contributed by atoms with E-state index in [-0.39, 0.29) is 16.9 Å². The van der Waals surface area contributed by atoms with Crippen molar-refractivity contribution >= 4 is 0 Å². The Labute approximate surface area is 178 Å². The molecule has 3 aromatic carbocycles. The van der Waals surface area contributed by atoms with Gasteiger partial charge in [0, 0.05) is 0 Å². The third kappa shape index (κ3) is 5.03. The molecule has 0 spiro atoms. The van der Waals surface area contributed by atoms with E-state index >= 15 is 0 Å². The zero-order chi connectivity index (χ0) is 23.7. The van der Waals surface area contributed by atoms with Crippen molar-refractivity contribution in [2.24, 2.45) is 0 Å². The number of ether oxygens (including phenoxy) is 1. The van der Waals surface area contributed by atoms with Gasteiger partial charge < -0.3 is 4.74 Å². The van der Waals surface area contributed by atoms with Crippen molar-refractivity contribution in [3.05, 3.63) is 88.7 Å². The first kappa shape index (κ1) is 23.6. The van der Waals surface area contributed by atoms with Crippen LogP contribution >= 0.6 is 0 Å². The summed E-state index contributed by atoms with van der Waals surface area (Å²) in [6.45, 7) is 1.86. The molecule has 170 valence electrons. The fourth-order valence-electron chi connectivity index (χ4n) is 3.17. The van der Waals surface area contributed by atoms with Crippen molar-refractivity contribution in [2.75, 3.05) is 0 Å². The van der Waals surface area contributed by atoms with Crippen LogP contribution in [-0.4, -0.2) is 0 Å². The minimum atomic E-state index is -5.21. The fraction of sp³-hybridized carbons (Fsp3) is 0.217. The number of benzene rings is 3. The topological polar surface area (TPSA) is 9.23 Å². The lowest BCUT2D eigenvalue weighted by Crippen LogP contribution is -2.23. The van der Waals surface area contributed by atoms with Crippen LogP contribution in [0.4, 0.5) is 35.1 Å². The monoisotopic (exact) mass is 460 g/mol. The van der Waals surface area contributed by atoms with Crippen LogP contribution in [0.5, 0.6) is 5.75 Å². The van der Waals surface area contributed by atoms with E-state index in [1.165, 1.54) is 6.07 Å². The highest BCUT2D eigenvalue weighted by Crippen LogP contribution is 2.37. The van der Waals surface area contributed by atoms with Crippen LogP contribution in [0.25, 0.3) is 11.1 Å². The van der Waals surface area contributed by atoms with Crippen LogP contribution in [-0.2, 0) is 18.7 Å². The Kier molecular flexibility index (Phi) is 6.48. The molecule has 0 heterocycles. The van der Waals surface area contributed by atoms with Crippen LogP contribution in [0.3, 0.4) is 0 Å². The first-order valence-electron chi connectivity index (χ1n) is 9.44. The smallest absolute Gasteiger partial charge is 0.429 e. The zero-order valence-corrected chi connectivity index (χ0v) is 16.5. The van der Waals surface area contributed by atoms with Gasteiger partial charge >= 0.3 is 12.3 Å². The number of rotatable bonds is 6. The van der Waals surface area contributed by atoms with Gasteiger partial charge in [0.1, 0.15) is 28.8 Å². The van der Waals surface area contributed by atoms with Crippen LogP contribution in [0, 0.1) is 17.5 Å². The normalized spacial score (nSPS) is 12.2. The molecule has 0 aliphatic heterocycles. The second-order valence-corrected chi connectivity index (χ2v) is 7.02. The molecule has 1 nitrogen and oxygen atoms in total. The largest absolute Gasteiger partial charge is 0.429 e. The standard InChI is InChI=1S/C23H16F8O/c1-2-3-13-4-9-17(18(24)10-13)23(30,31)32-16-7-5-14(6-8-16)15-11-19(25)21(20(26)12-15)22(27,28)29/h4-12H,2-3H2,1H3. The van der Waals surface area contributed by atoms with Crippen molar-refractivity contribution in [1.29, 1.82) is 0 Å². The summed E-state index contributed by atoms with van der Waals surface area (Å²) >= 11 is 0. The van der Waals surface area contributed by atoms with Crippen molar-refractivity contribution in [3.63, 3.8) is 0 Å². The van der Waals surface area contributed by atoms with Gasteiger partial charge in [0.25, 0.3) is 0 Å². The second kappa shape index (κ2) is 8.80. The predicted molar refractivity (Wildman–Crippen MR) is 102 cm³/mol. The molecule has 0 aliphatic rings. The SMILES string of the molecule is CCCc1ccc(C(F)(F)Oc2ccc(-c3cc(F)c(C(F)(F)F)c(F)c3)cc2)c(F)c1. The summed E-state index contributed by atoms with van der Waals surface area (Å²) in [5, 5.41) is 0. The summed E-state index contributed by atoms with van der Waals surface area (Å²) in [5.74, 6) is -5.13. The lowest BCUT2D eigenvalue weighted by molar-refractivity contribution is -0.187. The van der Waals surface area contributed by atoms with E-state index in [9.17, 15) is 35.1 Å². The van der Waals surface area contributed by atoms with Gasteiger partial charge in [0.15, 0.2) is 0 Å². The van der Waals surface area contributed by atoms with E-state index in [4.69, 9.17) is 0 Å². The molecule has 3 rings (SSSR count). The van der Waals surface area contributed by atoms with Crippen molar-refractivity contribution in [3.8, 4) is 16.9 Å². The lowest BCUT2D eigenvalue weighted by Gasteiger charge is -2.19. The van der Waals surface area contributed by atoms with Gasteiger partial charge in [0.2, 0.25) is 0 Å². The summed E-state index contributed by atoms with van der Waals surface area (Å²) < 4.78 is 113. The Bertz CT molecular complexity index is 1080. The Morgan fingerprint density at radius 2 is 1.31 bits per heavy atom. The average Bonchev–Trinajstić information content (AvgIpc) is 2.66. The van der Waals surface area contributed by atoms with Gasteiger partial charge in [0.05, 0.1) is 5.56 Å². The molecule has 3 aromatic rings. The molecule has 32 heavy (non-hydrogen) atoms. The maximum Gasteiger partial charge on any atom is 0.429 e. The van der Waals surface area contributed by atoms with E-state index in [1.807, 2.05) is 6.92 Å². The summed E-state index contributed by atoms with van der Waals surface area (Å²) in [6.07, 6.45) is -7.98. The van der Waals surface area contributed by atoms with Crippen LogP contribution < -0.4 is 4.74 Å². The molecule has 0 atom stereocenters. The zero-order valence-electron chi connectivity index (χ0n) is 16.5. The molecule has 0 aromatic heterocycles. The number of hydrogen-bond acceptors (Lipinski definition) is 1. The quantitative estimate of drug-likeness (QED) is 0.340. The lowest BCUT2D eigenvalue weighted by atomic mass is 10.0. The van der Waals surface area contributed by atoms with E-state index < -0.39 is 40.9 Å². The number of alkyl halides is 5. The van der Waals surface area contributed by atoms with Gasteiger partial charge in [-0.25, -0.2) is 13.2 Å². The van der Waals surface area contributed by atoms with E-state index in [1.54, 1.807) is 0 Å². The molecule has 0 aliphatic carbocycles. The first-order chi connectivity index (χ1) is 14.9. The molecule has 0 N–H and O–H groups in total. The van der Waals surface area contributed by atoms with E-state index in [0.717, 1.165) is 36.4 Å². The molecule has 0 bridgehead atoms. The highest BCUT2D eigenvalue weighted by molar-refractivity contribution is 5.65. The third-order valence-electron chi connectivity index (χ3n) is 4.64. The van der Waals surface area contributed by atoms with Gasteiger partial charge in [-0.05, 0) is 59.5 Å². The molecule has 0 saturated carbocycles. The predicted octanol–water partition coefficient (Wildman–Crippen LogP) is 7.87. The maximum absolute atomic E-state index is 14.4. The molecule has 0 unspecified atom stereocenters. The average molecular weight is 460 g/mol. The van der Waals surface area contributed by atoms with Crippen LogP contribution in [0.2, 0.25) is 0 Å². The molecule has 9 heteroatoms. The second-order valence-electron chi connectivity index (χ2n) is 7.02. The van der Waals surface area contributed by atoms with Gasteiger partial charge in [-0.3, -0.25) is 0 Å². The van der Waals surface area contributed by atoms with Gasteiger partial charge in [-0.2, -0.15) is 22.0 Å². The van der Waals surface area contributed by atoms with Crippen molar-refractivity contribution < 1.29 is 39.9 Å². The third-order valence-corrected chi connectivity index (χ3v) is 4.64. The maximum atomic E-state index is 14.4. The van der Waals surface area contributed by atoms with E-state index in [0.29, 0.717) is 30.5 Å². The van der Waals surface area contributed by atoms with Crippen molar-refractivity contribution in [1.82, 2.24) is 0 Å². The first-order valence-corrected chi connectivity index (χ1v) is 9.44. The van der Waals surface area contributed by atoms with Crippen LogP contribution in [0.15, 0.2) is 54.6 Å². The Balaban J connectivity index is 1.83. The fourth-order valence-corrected chi connectivity index (χ4v) is 3.17. The summed E-state index contributed by atoms with van der Waals surface area (Å²) in [7, 11) is 0. The Hall–Kier alpha value is -3.10. The molecular weight excluding hydrogens is 444 g/mol. The molecule has 0 fully saturated rings.